The van der Waals surface area contributed by atoms with Crippen molar-refractivity contribution in [2.75, 3.05) is 36.9 Å². The largest absolute Gasteiger partial charge is 0.733 e. The highest BCUT2D eigenvalue weighted by molar-refractivity contribution is 5.88. The van der Waals surface area contributed by atoms with Crippen LogP contribution in [0.4, 0.5) is 11.4 Å². The quantitative estimate of drug-likeness (QED) is 0.137. The van der Waals surface area contributed by atoms with Gasteiger partial charge in [0, 0.05) is 10.8 Å². The summed E-state index contributed by atoms with van der Waals surface area (Å²) in [7, 11) is 0. The Bertz CT molecular complexity index is 1350. The Balaban J connectivity index is 1.05. The molecule has 0 heterocycles. The summed E-state index contributed by atoms with van der Waals surface area (Å²) >= 11 is 0. The first kappa shape index (κ1) is 25.3. The van der Waals surface area contributed by atoms with E-state index >= 15 is 0 Å². The molecule has 0 aliphatic heterocycles. The zero-order chi connectivity index (χ0) is 26.2. The zero-order valence-electron chi connectivity index (χ0n) is 20.6. The van der Waals surface area contributed by atoms with E-state index in [2.05, 4.69) is 0 Å². The third-order valence-corrected chi connectivity index (χ3v) is 5.87. The Kier molecular flexibility index (Phi) is 8.17. The minimum atomic E-state index is 0.0575. The summed E-state index contributed by atoms with van der Waals surface area (Å²) in [5.41, 5.74) is 0.484. The molecule has 0 radical (unpaired) electrons. The minimum Gasteiger partial charge on any atom is -0.733 e. The van der Waals surface area contributed by atoms with E-state index in [1.54, 1.807) is 0 Å². The van der Waals surface area contributed by atoms with Crippen molar-refractivity contribution >= 4 is 32.9 Å². The summed E-state index contributed by atoms with van der Waals surface area (Å²) in [5, 5.41) is 29.5. The number of ether oxygens (including phenoxy) is 2. The monoisotopic (exact) mass is 510 g/mol. The molecule has 5 aromatic rings. The van der Waals surface area contributed by atoms with Gasteiger partial charge in [-0.25, -0.2) is 0 Å². The summed E-state index contributed by atoms with van der Waals surface area (Å²) in [4.78, 5) is 10.5. The summed E-state index contributed by atoms with van der Waals surface area (Å²) in [5.74, 6) is 1.46. The Hall–Kier alpha value is -4.34. The van der Waals surface area contributed by atoms with Gasteiger partial charge in [0.25, 0.3) is 0 Å². The van der Waals surface area contributed by atoms with Gasteiger partial charge >= 0.3 is 0 Å². The molecule has 5 rings (SSSR count). The lowest BCUT2D eigenvalue weighted by atomic mass is 10.1. The average Bonchev–Trinajstić information content (AvgIpc) is 2.97. The van der Waals surface area contributed by atoms with Gasteiger partial charge in [0.1, 0.15) is 37.9 Å². The number of fused-ring (bicyclic) bond motifs is 2. The lowest BCUT2D eigenvalue weighted by molar-refractivity contribution is 0.0978. The van der Waals surface area contributed by atoms with Gasteiger partial charge in [-0.05, 0) is 47.2 Å². The van der Waals surface area contributed by atoms with Gasteiger partial charge in [-0.1, -0.05) is 72.8 Å². The highest BCUT2D eigenvalue weighted by Gasteiger charge is 2.04. The number of rotatable bonds is 12. The maximum absolute atomic E-state index is 12.3. The summed E-state index contributed by atoms with van der Waals surface area (Å²) < 4.78 is 11.6. The van der Waals surface area contributed by atoms with E-state index in [1.165, 1.54) is 24.3 Å². The van der Waals surface area contributed by atoms with Crippen LogP contribution in [0, 0.1) is 10.4 Å². The summed E-state index contributed by atoms with van der Waals surface area (Å²) in [6.07, 6.45) is 0. The molecule has 5 aromatic carbocycles. The number of hydrogen-bond donors (Lipinski definition) is 0. The van der Waals surface area contributed by atoms with E-state index in [4.69, 9.17) is 19.1 Å². The van der Waals surface area contributed by atoms with Gasteiger partial charge in [-0.2, -0.15) is 0 Å². The van der Waals surface area contributed by atoms with Crippen LogP contribution in [0.15, 0.2) is 109 Å². The molecular weight excluding hydrogens is 484 g/mol. The van der Waals surface area contributed by atoms with E-state index in [9.17, 15) is 10.4 Å². The second kappa shape index (κ2) is 12.3. The van der Waals surface area contributed by atoms with Crippen LogP contribution in [0.2, 0.25) is 0 Å². The molecule has 0 spiro atoms. The maximum atomic E-state index is 12.3. The van der Waals surface area contributed by atoms with Gasteiger partial charge < -0.3 is 30.3 Å². The fourth-order valence-electron chi connectivity index (χ4n) is 4.03. The van der Waals surface area contributed by atoms with Crippen molar-refractivity contribution in [1.29, 1.82) is 0 Å². The summed E-state index contributed by atoms with van der Waals surface area (Å²) in [6.45, 7) is 0.519. The molecule has 0 saturated heterocycles. The molecule has 8 nitrogen and oxygen atoms in total. The first-order chi connectivity index (χ1) is 18.7. The minimum absolute atomic E-state index is 0.0575. The molecule has 0 atom stereocenters. The van der Waals surface area contributed by atoms with Crippen molar-refractivity contribution in [3.63, 3.8) is 0 Å². The summed E-state index contributed by atoms with van der Waals surface area (Å²) in [6, 6.07) is 33.3. The third-order valence-electron chi connectivity index (χ3n) is 5.87. The van der Waals surface area contributed by atoms with E-state index in [0.29, 0.717) is 10.5 Å². The van der Waals surface area contributed by atoms with E-state index in [1.807, 2.05) is 84.9 Å². The van der Waals surface area contributed by atoms with Crippen molar-refractivity contribution in [3.05, 3.63) is 120 Å². The standard InChI is InChI=1S/C30H26N2O6/c33-31(37-21-19-35-29-13-5-9-23-7-1-3-11-27(23)29)25-15-17-26(18-16-25)32(34)38-22-20-36-30-14-6-10-24-8-2-4-12-28(24)30/h1-18H,19-22H2/q-2. The van der Waals surface area contributed by atoms with Crippen molar-refractivity contribution in [2.45, 2.75) is 0 Å². The van der Waals surface area contributed by atoms with Crippen molar-refractivity contribution in [1.82, 2.24) is 0 Å². The van der Waals surface area contributed by atoms with Crippen LogP contribution in [-0.2, 0) is 9.68 Å². The fourth-order valence-corrected chi connectivity index (χ4v) is 4.03. The number of nitrogens with zero attached hydrogens (tertiary/aromatic N) is 2. The molecule has 0 N–H and O–H groups in total. The number of hydrogen-bond acceptors (Lipinski definition) is 8. The van der Waals surface area contributed by atoms with Gasteiger partial charge in [0.15, 0.2) is 0 Å². The Morgan fingerprint density at radius 2 is 0.842 bits per heavy atom. The van der Waals surface area contributed by atoms with Crippen LogP contribution in [0.5, 0.6) is 11.5 Å². The van der Waals surface area contributed by atoms with Crippen LogP contribution >= 0.6 is 0 Å². The Morgan fingerprint density at radius 1 is 0.447 bits per heavy atom. The SMILES string of the molecule is [O-]N(OCCOc1cccc2ccccc12)c1ccc(N([O-])OCCOc2cccc3ccccc23)cc1. The van der Waals surface area contributed by atoms with Gasteiger partial charge in [-0.15, -0.1) is 0 Å². The molecule has 0 unspecified atom stereocenters. The fraction of sp³-hybridized carbons (Fsp3) is 0.133. The molecule has 0 saturated carbocycles. The Labute approximate surface area is 220 Å². The normalized spacial score (nSPS) is 11.0. The number of anilines is 2. The molecular formula is C30H26N2O6-2. The van der Waals surface area contributed by atoms with Crippen LogP contribution in [0.25, 0.3) is 21.5 Å². The first-order valence-electron chi connectivity index (χ1n) is 12.2. The van der Waals surface area contributed by atoms with Crippen LogP contribution < -0.4 is 19.9 Å². The lowest BCUT2D eigenvalue weighted by Gasteiger charge is -2.31. The topological polar surface area (TPSA) is 89.5 Å². The van der Waals surface area contributed by atoms with Crippen LogP contribution in [-0.4, -0.2) is 26.4 Å². The van der Waals surface area contributed by atoms with Gasteiger partial charge in [0.2, 0.25) is 0 Å². The molecule has 0 aliphatic rings. The Morgan fingerprint density at radius 3 is 1.29 bits per heavy atom. The average molecular weight is 511 g/mol. The highest BCUT2D eigenvalue weighted by atomic mass is 16.9. The van der Waals surface area contributed by atoms with E-state index < -0.39 is 0 Å². The second-order valence-corrected chi connectivity index (χ2v) is 8.35. The molecule has 0 fully saturated rings. The van der Waals surface area contributed by atoms with Crippen LogP contribution in [0.1, 0.15) is 0 Å². The third kappa shape index (κ3) is 6.13. The smallest absolute Gasteiger partial charge is 0.127 e. The van der Waals surface area contributed by atoms with E-state index in [0.717, 1.165) is 33.0 Å². The second-order valence-electron chi connectivity index (χ2n) is 8.35. The predicted molar refractivity (Wildman–Crippen MR) is 149 cm³/mol. The molecule has 194 valence electrons. The lowest BCUT2D eigenvalue weighted by Crippen LogP contribution is -2.21. The molecule has 0 aliphatic carbocycles. The first-order valence-corrected chi connectivity index (χ1v) is 12.2. The van der Waals surface area contributed by atoms with Crippen molar-refractivity contribution in [2.24, 2.45) is 0 Å². The molecule has 0 aromatic heterocycles. The van der Waals surface area contributed by atoms with Crippen molar-refractivity contribution < 1.29 is 19.1 Å². The maximum Gasteiger partial charge on any atom is 0.127 e. The highest BCUT2D eigenvalue weighted by Crippen LogP contribution is 2.26. The number of benzene rings is 5. The van der Waals surface area contributed by atoms with Crippen molar-refractivity contribution in [3.8, 4) is 11.5 Å². The predicted octanol–water partition coefficient (Wildman–Crippen LogP) is 6.62. The zero-order valence-corrected chi connectivity index (χ0v) is 20.6. The molecule has 38 heavy (non-hydrogen) atoms. The van der Waals surface area contributed by atoms with Gasteiger partial charge in [-0.3, -0.25) is 9.68 Å². The molecule has 0 bridgehead atoms. The van der Waals surface area contributed by atoms with Gasteiger partial charge in [0.05, 0.1) is 11.4 Å². The molecule has 8 heteroatoms. The van der Waals surface area contributed by atoms with E-state index in [-0.39, 0.29) is 37.8 Å². The van der Waals surface area contributed by atoms with Crippen LogP contribution in [0.3, 0.4) is 0 Å². The molecule has 0 amide bonds.